The average Bonchev–Trinajstić information content (AvgIpc) is 2.55. The number of hydrogen-bond acceptors (Lipinski definition) is 3. The summed E-state index contributed by atoms with van der Waals surface area (Å²) >= 11 is 0. The second-order valence-corrected chi connectivity index (χ2v) is 4.43. The van der Waals surface area contributed by atoms with Crippen LogP contribution in [0.2, 0.25) is 0 Å². The summed E-state index contributed by atoms with van der Waals surface area (Å²) in [6, 6.07) is 4.04. The SMILES string of the molecule is Cc1ccc(C(NN)C2=CCCCCC2)o1. The molecule has 1 aliphatic carbocycles. The van der Waals surface area contributed by atoms with E-state index in [9.17, 15) is 0 Å². The van der Waals surface area contributed by atoms with Crippen LogP contribution in [0.25, 0.3) is 0 Å². The Labute approximate surface area is 96.7 Å². The summed E-state index contributed by atoms with van der Waals surface area (Å²) in [4.78, 5) is 0. The molecule has 1 aromatic rings. The van der Waals surface area contributed by atoms with Crippen LogP contribution in [-0.2, 0) is 0 Å². The topological polar surface area (TPSA) is 51.2 Å². The van der Waals surface area contributed by atoms with Crippen LogP contribution < -0.4 is 11.3 Å². The molecule has 1 aromatic heterocycles. The van der Waals surface area contributed by atoms with E-state index in [2.05, 4.69) is 11.5 Å². The molecule has 0 fully saturated rings. The fraction of sp³-hybridized carbons (Fsp3) is 0.538. The lowest BCUT2D eigenvalue weighted by Gasteiger charge is -2.16. The van der Waals surface area contributed by atoms with Gasteiger partial charge in [0.15, 0.2) is 0 Å². The van der Waals surface area contributed by atoms with Crippen molar-refractivity contribution in [2.24, 2.45) is 5.84 Å². The van der Waals surface area contributed by atoms with E-state index < -0.39 is 0 Å². The second kappa shape index (κ2) is 5.32. The summed E-state index contributed by atoms with van der Waals surface area (Å²) in [5.41, 5.74) is 4.24. The fourth-order valence-electron chi connectivity index (χ4n) is 2.28. The summed E-state index contributed by atoms with van der Waals surface area (Å²) in [7, 11) is 0. The molecule has 0 spiro atoms. The van der Waals surface area contributed by atoms with Crippen molar-refractivity contribution in [1.82, 2.24) is 5.43 Å². The minimum absolute atomic E-state index is 0.0480. The molecule has 88 valence electrons. The summed E-state index contributed by atoms with van der Waals surface area (Å²) in [6.07, 6.45) is 8.45. The molecule has 3 heteroatoms. The van der Waals surface area contributed by atoms with Crippen molar-refractivity contribution in [3.8, 4) is 0 Å². The summed E-state index contributed by atoms with van der Waals surface area (Å²) < 4.78 is 5.65. The van der Waals surface area contributed by atoms with E-state index in [0.29, 0.717) is 0 Å². The number of hydrogen-bond donors (Lipinski definition) is 2. The number of aryl methyl sites for hydroxylation is 1. The second-order valence-electron chi connectivity index (χ2n) is 4.43. The van der Waals surface area contributed by atoms with Crippen molar-refractivity contribution in [3.63, 3.8) is 0 Å². The predicted octanol–water partition coefficient (Wildman–Crippen LogP) is 2.98. The summed E-state index contributed by atoms with van der Waals surface area (Å²) in [5, 5.41) is 0. The minimum Gasteiger partial charge on any atom is -0.464 e. The third kappa shape index (κ3) is 2.54. The zero-order valence-electron chi connectivity index (χ0n) is 9.83. The molecule has 0 aliphatic heterocycles. The third-order valence-corrected chi connectivity index (χ3v) is 3.16. The van der Waals surface area contributed by atoms with Gasteiger partial charge < -0.3 is 4.42 Å². The Balaban J connectivity index is 2.18. The molecule has 3 nitrogen and oxygen atoms in total. The highest BCUT2D eigenvalue weighted by atomic mass is 16.3. The van der Waals surface area contributed by atoms with Crippen LogP contribution in [0.15, 0.2) is 28.2 Å². The molecule has 16 heavy (non-hydrogen) atoms. The Hall–Kier alpha value is -1.06. The standard InChI is InChI=1S/C13H20N2O/c1-10-8-9-12(16-10)13(15-14)11-6-4-2-3-5-7-11/h6,8-9,13,15H,2-5,7,14H2,1H3. The Kier molecular flexibility index (Phi) is 3.80. The van der Waals surface area contributed by atoms with Crippen LogP contribution in [0, 0.1) is 6.92 Å². The predicted molar refractivity (Wildman–Crippen MR) is 64.7 cm³/mol. The Morgan fingerprint density at radius 2 is 2.19 bits per heavy atom. The van der Waals surface area contributed by atoms with Gasteiger partial charge in [-0.3, -0.25) is 5.84 Å². The van der Waals surface area contributed by atoms with Crippen LogP contribution >= 0.6 is 0 Å². The first-order valence-corrected chi connectivity index (χ1v) is 6.02. The third-order valence-electron chi connectivity index (χ3n) is 3.16. The Bertz CT molecular complexity index is 368. The quantitative estimate of drug-likeness (QED) is 0.468. The average molecular weight is 220 g/mol. The molecule has 1 aliphatic rings. The fourth-order valence-corrected chi connectivity index (χ4v) is 2.28. The normalized spacial score (nSPS) is 19.0. The first-order chi connectivity index (χ1) is 7.81. The molecule has 1 atom stereocenters. The maximum Gasteiger partial charge on any atom is 0.126 e. The Morgan fingerprint density at radius 1 is 1.31 bits per heavy atom. The van der Waals surface area contributed by atoms with Gasteiger partial charge in [0.25, 0.3) is 0 Å². The van der Waals surface area contributed by atoms with Crippen LogP contribution in [-0.4, -0.2) is 0 Å². The van der Waals surface area contributed by atoms with E-state index in [-0.39, 0.29) is 6.04 Å². The van der Waals surface area contributed by atoms with Gasteiger partial charge in [-0.05, 0) is 50.3 Å². The van der Waals surface area contributed by atoms with Gasteiger partial charge in [0, 0.05) is 0 Å². The monoisotopic (exact) mass is 220 g/mol. The molecule has 0 saturated carbocycles. The van der Waals surface area contributed by atoms with E-state index in [1.165, 1.54) is 24.8 Å². The molecular weight excluding hydrogens is 200 g/mol. The molecule has 1 heterocycles. The number of nitrogens with one attached hydrogen (secondary N) is 1. The van der Waals surface area contributed by atoms with E-state index in [1.807, 2.05) is 19.1 Å². The zero-order chi connectivity index (χ0) is 11.4. The molecule has 0 bridgehead atoms. The number of hydrazine groups is 1. The maximum absolute atomic E-state index is 5.65. The van der Waals surface area contributed by atoms with Gasteiger partial charge in [0.2, 0.25) is 0 Å². The smallest absolute Gasteiger partial charge is 0.126 e. The van der Waals surface area contributed by atoms with Crippen molar-refractivity contribution in [1.29, 1.82) is 0 Å². The van der Waals surface area contributed by atoms with Gasteiger partial charge in [-0.1, -0.05) is 12.5 Å². The molecular formula is C13H20N2O. The van der Waals surface area contributed by atoms with Crippen LogP contribution in [0.3, 0.4) is 0 Å². The molecule has 0 aromatic carbocycles. The molecule has 3 N–H and O–H groups in total. The van der Waals surface area contributed by atoms with Crippen LogP contribution in [0.5, 0.6) is 0 Å². The van der Waals surface area contributed by atoms with Gasteiger partial charge in [0.1, 0.15) is 11.5 Å². The largest absolute Gasteiger partial charge is 0.464 e. The first-order valence-electron chi connectivity index (χ1n) is 6.02. The minimum atomic E-state index is 0.0480. The molecule has 0 saturated heterocycles. The van der Waals surface area contributed by atoms with Crippen molar-refractivity contribution in [2.45, 2.75) is 45.1 Å². The number of nitrogens with two attached hydrogens (primary N) is 1. The van der Waals surface area contributed by atoms with Crippen molar-refractivity contribution in [3.05, 3.63) is 35.3 Å². The number of rotatable bonds is 3. The summed E-state index contributed by atoms with van der Waals surface area (Å²) in [5.74, 6) is 7.50. The molecule has 1 unspecified atom stereocenters. The van der Waals surface area contributed by atoms with Gasteiger partial charge in [-0.2, -0.15) is 0 Å². The van der Waals surface area contributed by atoms with Crippen LogP contribution in [0.1, 0.15) is 49.7 Å². The van der Waals surface area contributed by atoms with Gasteiger partial charge in [0.05, 0.1) is 6.04 Å². The number of allylic oxidation sites excluding steroid dienone is 1. The lowest BCUT2D eigenvalue weighted by Crippen LogP contribution is -2.29. The molecule has 0 radical (unpaired) electrons. The zero-order valence-corrected chi connectivity index (χ0v) is 9.83. The van der Waals surface area contributed by atoms with E-state index in [4.69, 9.17) is 10.3 Å². The van der Waals surface area contributed by atoms with Gasteiger partial charge >= 0.3 is 0 Å². The van der Waals surface area contributed by atoms with E-state index in [1.54, 1.807) is 0 Å². The maximum atomic E-state index is 5.65. The van der Waals surface area contributed by atoms with Crippen molar-refractivity contribution < 1.29 is 4.42 Å². The lowest BCUT2D eigenvalue weighted by molar-refractivity contribution is 0.425. The van der Waals surface area contributed by atoms with Crippen molar-refractivity contribution >= 4 is 0 Å². The summed E-state index contributed by atoms with van der Waals surface area (Å²) in [6.45, 7) is 1.96. The molecule has 0 amide bonds. The Morgan fingerprint density at radius 3 is 2.88 bits per heavy atom. The van der Waals surface area contributed by atoms with Gasteiger partial charge in [-0.25, -0.2) is 5.43 Å². The molecule has 2 rings (SSSR count). The number of furan rings is 1. The first kappa shape index (κ1) is 11.4. The highest BCUT2D eigenvalue weighted by molar-refractivity contribution is 5.22. The van der Waals surface area contributed by atoms with E-state index >= 15 is 0 Å². The van der Waals surface area contributed by atoms with Crippen molar-refractivity contribution in [2.75, 3.05) is 0 Å². The van der Waals surface area contributed by atoms with E-state index in [0.717, 1.165) is 24.4 Å². The highest BCUT2D eigenvalue weighted by Gasteiger charge is 2.18. The van der Waals surface area contributed by atoms with Crippen LogP contribution in [0.4, 0.5) is 0 Å². The highest BCUT2D eigenvalue weighted by Crippen LogP contribution is 2.29. The van der Waals surface area contributed by atoms with Gasteiger partial charge in [-0.15, -0.1) is 0 Å². The lowest BCUT2D eigenvalue weighted by atomic mass is 10.0.